The molecule has 16 heavy (non-hydrogen) atoms. The van der Waals surface area contributed by atoms with Gasteiger partial charge in [0.25, 0.3) is 0 Å². The van der Waals surface area contributed by atoms with E-state index in [1.165, 1.54) is 11.3 Å². The van der Waals surface area contributed by atoms with Gasteiger partial charge in [0, 0.05) is 26.5 Å². The number of carbonyl (C=O) groups excluding carboxylic acids is 1. The molecular weight excluding hydrogens is 230 g/mol. The number of hydrogen-bond acceptors (Lipinski definition) is 4. The first kappa shape index (κ1) is 13.3. The summed E-state index contributed by atoms with van der Waals surface area (Å²) in [6.07, 6.45) is 2.13. The van der Waals surface area contributed by atoms with E-state index < -0.39 is 5.97 Å². The second kappa shape index (κ2) is 6.10. The molecule has 1 heterocycles. The van der Waals surface area contributed by atoms with Crippen LogP contribution in [0.3, 0.4) is 0 Å². The lowest BCUT2D eigenvalue weighted by molar-refractivity contribution is -0.145. The summed E-state index contributed by atoms with van der Waals surface area (Å²) in [6.45, 7) is 0.293. The van der Waals surface area contributed by atoms with Crippen molar-refractivity contribution in [3.8, 4) is 0 Å². The molecule has 90 valence electrons. The Kier molecular flexibility index (Phi) is 5.08. The Bertz CT molecular complexity index is 272. The van der Waals surface area contributed by atoms with E-state index in [1.807, 2.05) is 0 Å². The maximum Gasteiger partial charge on any atom is 0.333 e. The van der Waals surface area contributed by atoms with E-state index in [0.717, 1.165) is 0 Å². The largest absolute Gasteiger partial charge is 0.479 e. The van der Waals surface area contributed by atoms with Crippen LogP contribution in [0.5, 0.6) is 0 Å². The van der Waals surface area contributed by atoms with Gasteiger partial charge in [-0.05, 0) is 12.2 Å². The first-order valence-electron chi connectivity index (χ1n) is 4.97. The highest BCUT2D eigenvalue weighted by Crippen LogP contribution is 2.25. The molecule has 1 rings (SSSR count). The minimum atomic E-state index is -1.08. The molecule has 0 bridgehead atoms. The zero-order valence-corrected chi connectivity index (χ0v) is 9.94. The molecule has 0 aromatic heterocycles. The zero-order chi connectivity index (χ0) is 12.1. The Labute approximate surface area is 100 Å². The van der Waals surface area contributed by atoms with Crippen LogP contribution in [0.15, 0.2) is 0 Å². The number of likely N-dealkylation sites (tertiary alicyclic amines) is 1. The van der Waals surface area contributed by atoms with Gasteiger partial charge in [-0.3, -0.25) is 4.79 Å². The third-order valence-corrected chi connectivity index (χ3v) is 2.65. The van der Waals surface area contributed by atoms with Gasteiger partial charge < -0.3 is 14.7 Å². The Morgan fingerprint density at radius 2 is 2.38 bits per heavy atom. The first-order chi connectivity index (χ1) is 7.60. The minimum absolute atomic E-state index is 0.0417. The Morgan fingerprint density at radius 1 is 1.69 bits per heavy atom. The molecule has 0 aromatic rings. The van der Waals surface area contributed by atoms with Gasteiger partial charge in [-0.15, -0.1) is 0 Å². The van der Waals surface area contributed by atoms with Crippen LogP contribution >= 0.6 is 12.6 Å². The number of rotatable bonds is 4. The molecule has 0 aromatic carbocycles. The maximum absolute atomic E-state index is 11.7. The van der Waals surface area contributed by atoms with Crippen molar-refractivity contribution in [1.82, 2.24) is 4.90 Å². The highest BCUT2D eigenvalue weighted by atomic mass is 32.1. The molecule has 1 unspecified atom stereocenters. The van der Waals surface area contributed by atoms with E-state index in [2.05, 4.69) is 12.6 Å². The molecule has 1 saturated heterocycles. The topological polar surface area (TPSA) is 66.8 Å². The van der Waals surface area contributed by atoms with E-state index in [-0.39, 0.29) is 24.5 Å². The summed E-state index contributed by atoms with van der Waals surface area (Å²) in [4.78, 5) is 23.9. The number of ether oxygens (including phenoxy) is 1. The van der Waals surface area contributed by atoms with Gasteiger partial charge >= 0.3 is 5.97 Å². The molecule has 1 N–H and O–H groups in total. The number of aliphatic carboxylic acids is 1. The van der Waals surface area contributed by atoms with Crippen LogP contribution in [0.2, 0.25) is 0 Å². The summed E-state index contributed by atoms with van der Waals surface area (Å²) in [5.41, 5.74) is 0. The van der Waals surface area contributed by atoms with Gasteiger partial charge in [0.1, 0.15) is 0 Å². The van der Waals surface area contributed by atoms with Crippen LogP contribution in [-0.2, 0) is 14.3 Å². The number of nitrogens with zero attached hydrogens (tertiary/aromatic N) is 1. The van der Waals surface area contributed by atoms with Crippen molar-refractivity contribution in [3.05, 3.63) is 12.5 Å². The molecule has 6 heteroatoms. The molecule has 1 atom stereocenters. The number of piperidine rings is 1. The minimum Gasteiger partial charge on any atom is -0.479 e. The van der Waals surface area contributed by atoms with Crippen molar-refractivity contribution in [2.24, 2.45) is 0 Å². The molecule has 0 aliphatic carbocycles. The third kappa shape index (κ3) is 3.12. The number of thiol groups is 1. The lowest BCUT2D eigenvalue weighted by atomic mass is 9.99. The smallest absolute Gasteiger partial charge is 0.333 e. The molecule has 1 aliphatic rings. The third-order valence-electron chi connectivity index (χ3n) is 2.43. The fraction of sp³-hybridized carbons (Fsp3) is 0.600. The van der Waals surface area contributed by atoms with E-state index in [9.17, 15) is 9.59 Å². The molecular formula is C10H15NO4S. The Morgan fingerprint density at radius 3 is 2.88 bits per heavy atom. The van der Waals surface area contributed by atoms with Crippen molar-refractivity contribution < 1.29 is 19.4 Å². The quantitative estimate of drug-likeness (QED) is 0.702. The molecule has 1 fully saturated rings. The predicted octanol–water partition coefficient (Wildman–Crippen LogP) is 0.374. The predicted molar refractivity (Wildman–Crippen MR) is 60.8 cm³/mol. The number of carboxylic acid groups (broad SMARTS) is 1. The molecule has 5 nitrogen and oxygen atoms in total. The van der Waals surface area contributed by atoms with Crippen LogP contribution in [0.25, 0.3) is 0 Å². The normalized spacial score (nSPS) is 22.1. The van der Waals surface area contributed by atoms with Crippen LogP contribution in [0, 0.1) is 12.5 Å². The van der Waals surface area contributed by atoms with Crippen LogP contribution < -0.4 is 0 Å². The summed E-state index contributed by atoms with van der Waals surface area (Å²) in [5, 5.41) is 8.96. The van der Waals surface area contributed by atoms with Gasteiger partial charge in [0.05, 0.1) is 6.10 Å². The van der Waals surface area contributed by atoms with Gasteiger partial charge in [-0.1, -0.05) is 0 Å². The van der Waals surface area contributed by atoms with E-state index in [4.69, 9.17) is 9.84 Å². The average Bonchev–Trinajstić information content (AvgIpc) is 2.28. The highest BCUT2D eigenvalue weighted by Gasteiger charge is 2.36. The maximum atomic E-state index is 11.7. The van der Waals surface area contributed by atoms with Crippen molar-refractivity contribution in [2.75, 3.05) is 19.4 Å². The number of methoxy groups -OCH3 is 1. The molecule has 1 amide bonds. The SMILES string of the molecule is COC1C[CH][C](C(=O)O)N(C(=O)CCS)C1. The Hall–Kier alpha value is -0.750. The number of hydrogen-bond donors (Lipinski definition) is 2. The zero-order valence-electron chi connectivity index (χ0n) is 9.05. The van der Waals surface area contributed by atoms with Gasteiger partial charge in [0.2, 0.25) is 5.91 Å². The molecule has 0 spiro atoms. The lowest BCUT2D eigenvalue weighted by Gasteiger charge is -2.35. The average molecular weight is 245 g/mol. The number of amides is 1. The summed E-state index contributed by atoms with van der Waals surface area (Å²) in [7, 11) is 1.55. The standard InChI is InChI=1S/C10H15NO4S/c1-15-7-2-3-8(10(13)14)11(6-7)9(12)4-5-16/h3,7,16H,2,4-6H2,1H3,(H,13,14). The number of carboxylic acids is 1. The van der Waals surface area contributed by atoms with Crippen LogP contribution in [0.1, 0.15) is 12.8 Å². The van der Waals surface area contributed by atoms with Crippen molar-refractivity contribution in [1.29, 1.82) is 0 Å². The monoisotopic (exact) mass is 245 g/mol. The van der Waals surface area contributed by atoms with E-state index in [0.29, 0.717) is 18.7 Å². The fourth-order valence-electron chi connectivity index (χ4n) is 1.57. The van der Waals surface area contributed by atoms with Gasteiger partial charge in [-0.2, -0.15) is 12.6 Å². The first-order valence-corrected chi connectivity index (χ1v) is 5.60. The molecule has 1 aliphatic heterocycles. The summed E-state index contributed by atoms with van der Waals surface area (Å²) < 4.78 is 5.13. The summed E-state index contributed by atoms with van der Waals surface area (Å²) in [6, 6.07) is 0.0417. The lowest BCUT2D eigenvalue weighted by Crippen LogP contribution is -2.48. The van der Waals surface area contributed by atoms with Crippen molar-refractivity contribution >= 4 is 24.5 Å². The second-order valence-corrected chi connectivity index (χ2v) is 3.91. The molecule has 0 saturated carbocycles. The van der Waals surface area contributed by atoms with Crippen molar-refractivity contribution in [2.45, 2.75) is 18.9 Å². The molecule has 2 radical (unpaired) electrons. The number of carbonyl (C=O) groups is 2. The van der Waals surface area contributed by atoms with Crippen molar-refractivity contribution in [3.63, 3.8) is 0 Å². The van der Waals surface area contributed by atoms with Gasteiger partial charge in [-0.25, -0.2) is 4.79 Å². The van der Waals surface area contributed by atoms with Crippen LogP contribution in [0.4, 0.5) is 0 Å². The van der Waals surface area contributed by atoms with E-state index >= 15 is 0 Å². The van der Waals surface area contributed by atoms with E-state index in [1.54, 1.807) is 7.11 Å². The summed E-state index contributed by atoms with van der Waals surface area (Å²) >= 11 is 3.96. The second-order valence-electron chi connectivity index (χ2n) is 3.47. The fourth-order valence-corrected chi connectivity index (χ4v) is 1.76. The highest BCUT2D eigenvalue weighted by molar-refractivity contribution is 7.80. The van der Waals surface area contributed by atoms with Crippen LogP contribution in [-0.4, -0.2) is 47.4 Å². The Balaban J connectivity index is 2.71. The summed E-state index contributed by atoms with van der Waals surface area (Å²) in [5.74, 6) is -0.910. The van der Waals surface area contributed by atoms with Gasteiger partial charge in [0.15, 0.2) is 6.04 Å².